The highest BCUT2D eigenvalue weighted by molar-refractivity contribution is 9.10. The first-order chi connectivity index (χ1) is 10.0. The number of halogens is 2. The highest BCUT2D eigenvalue weighted by Crippen LogP contribution is 2.25. The van der Waals surface area contributed by atoms with E-state index in [9.17, 15) is 9.18 Å². The van der Waals surface area contributed by atoms with Gasteiger partial charge < -0.3 is 10.1 Å². The molecule has 0 heterocycles. The van der Waals surface area contributed by atoms with Crippen molar-refractivity contribution in [3.05, 3.63) is 57.8 Å². The number of aryl methyl sites for hydroxylation is 1. The first kappa shape index (κ1) is 15.5. The summed E-state index contributed by atoms with van der Waals surface area (Å²) in [6, 6.07) is 9.87. The number of ether oxygens (including phenoxy) is 1. The van der Waals surface area contributed by atoms with Gasteiger partial charge in [0.25, 0.3) is 5.91 Å². The molecule has 0 aliphatic carbocycles. The van der Waals surface area contributed by atoms with Gasteiger partial charge in [0.1, 0.15) is 11.6 Å². The summed E-state index contributed by atoms with van der Waals surface area (Å²) >= 11 is 3.12. The predicted octanol–water partition coefficient (Wildman–Crippen LogP) is 4.55. The molecule has 2 aromatic rings. The third-order valence-electron chi connectivity index (χ3n) is 2.95. The SMILES string of the molecule is CCOc1ccccc1C(=O)Nc1cc(F)c(Br)cc1C. The number of carbonyl (C=O) groups excluding carboxylic acids is 1. The highest BCUT2D eigenvalue weighted by atomic mass is 79.9. The van der Waals surface area contributed by atoms with Gasteiger partial charge in [0, 0.05) is 5.69 Å². The van der Waals surface area contributed by atoms with Gasteiger partial charge >= 0.3 is 0 Å². The van der Waals surface area contributed by atoms with Gasteiger partial charge in [-0.05, 0) is 59.6 Å². The van der Waals surface area contributed by atoms with Crippen LogP contribution >= 0.6 is 15.9 Å². The van der Waals surface area contributed by atoms with Gasteiger partial charge in [-0.15, -0.1) is 0 Å². The Bertz CT molecular complexity index is 673. The molecule has 0 aromatic heterocycles. The van der Waals surface area contributed by atoms with Crippen molar-refractivity contribution in [1.29, 1.82) is 0 Å². The second-order valence-corrected chi connectivity index (χ2v) is 5.32. The van der Waals surface area contributed by atoms with E-state index in [1.165, 1.54) is 6.07 Å². The van der Waals surface area contributed by atoms with Gasteiger partial charge in [-0.1, -0.05) is 12.1 Å². The van der Waals surface area contributed by atoms with Gasteiger partial charge in [0.05, 0.1) is 16.6 Å². The molecule has 1 N–H and O–H groups in total. The molecule has 2 aromatic carbocycles. The summed E-state index contributed by atoms with van der Waals surface area (Å²) in [5.41, 5.74) is 1.62. The van der Waals surface area contributed by atoms with E-state index in [4.69, 9.17) is 4.74 Å². The van der Waals surface area contributed by atoms with Crippen LogP contribution in [0.25, 0.3) is 0 Å². The summed E-state index contributed by atoms with van der Waals surface area (Å²) in [7, 11) is 0. The molecule has 0 aliphatic heterocycles. The van der Waals surface area contributed by atoms with Crippen LogP contribution in [0, 0.1) is 12.7 Å². The van der Waals surface area contributed by atoms with E-state index in [2.05, 4.69) is 21.2 Å². The van der Waals surface area contributed by atoms with E-state index in [0.29, 0.717) is 28.1 Å². The van der Waals surface area contributed by atoms with Crippen molar-refractivity contribution in [3.8, 4) is 5.75 Å². The quantitative estimate of drug-likeness (QED) is 0.877. The Morgan fingerprint density at radius 3 is 2.76 bits per heavy atom. The van der Waals surface area contributed by atoms with Crippen LogP contribution in [0.3, 0.4) is 0 Å². The lowest BCUT2D eigenvalue weighted by atomic mass is 10.1. The van der Waals surface area contributed by atoms with Gasteiger partial charge in [-0.2, -0.15) is 0 Å². The molecule has 0 saturated heterocycles. The zero-order valence-electron chi connectivity index (χ0n) is 11.7. The van der Waals surface area contributed by atoms with Crippen LogP contribution in [0.2, 0.25) is 0 Å². The molecule has 0 bridgehead atoms. The summed E-state index contributed by atoms with van der Waals surface area (Å²) in [5.74, 6) is -0.245. The molecule has 0 radical (unpaired) electrons. The monoisotopic (exact) mass is 351 g/mol. The molecule has 21 heavy (non-hydrogen) atoms. The molecule has 0 unspecified atom stereocenters. The summed E-state index contributed by atoms with van der Waals surface area (Å²) in [6.45, 7) is 4.12. The standard InChI is InChI=1S/C16H15BrFNO2/c1-3-21-15-7-5-4-6-11(15)16(20)19-14-9-13(18)12(17)8-10(14)2/h4-9H,3H2,1-2H3,(H,19,20). The molecule has 3 nitrogen and oxygen atoms in total. The fourth-order valence-electron chi connectivity index (χ4n) is 1.91. The molecule has 1 amide bonds. The minimum absolute atomic E-state index is 0.330. The molecule has 2 rings (SSSR count). The van der Waals surface area contributed by atoms with Crippen LogP contribution in [0.4, 0.5) is 10.1 Å². The van der Waals surface area contributed by atoms with Crippen LogP contribution in [0.5, 0.6) is 5.75 Å². The number of carbonyl (C=O) groups is 1. The van der Waals surface area contributed by atoms with E-state index < -0.39 is 5.82 Å². The van der Waals surface area contributed by atoms with Crippen molar-refractivity contribution in [2.24, 2.45) is 0 Å². The first-order valence-corrected chi connectivity index (χ1v) is 7.31. The van der Waals surface area contributed by atoms with E-state index in [1.54, 1.807) is 37.3 Å². The van der Waals surface area contributed by atoms with Crippen molar-refractivity contribution in [1.82, 2.24) is 0 Å². The molecular weight excluding hydrogens is 337 g/mol. The van der Waals surface area contributed by atoms with Gasteiger partial charge in [-0.3, -0.25) is 4.79 Å². The van der Waals surface area contributed by atoms with Crippen LogP contribution in [-0.4, -0.2) is 12.5 Å². The number of hydrogen-bond acceptors (Lipinski definition) is 2. The molecule has 5 heteroatoms. The number of para-hydroxylation sites is 1. The van der Waals surface area contributed by atoms with Crippen LogP contribution < -0.4 is 10.1 Å². The van der Waals surface area contributed by atoms with Crippen LogP contribution in [-0.2, 0) is 0 Å². The minimum Gasteiger partial charge on any atom is -0.493 e. The molecule has 0 aliphatic rings. The third kappa shape index (κ3) is 3.61. The second-order valence-electron chi connectivity index (χ2n) is 4.46. The Morgan fingerprint density at radius 1 is 1.33 bits per heavy atom. The smallest absolute Gasteiger partial charge is 0.259 e. The maximum absolute atomic E-state index is 13.6. The number of anilines is 1. The van der Waals surface area contributed by atoms with Gasteiger partial charge in [0.15, 0.2) is 0 Å². The van der Waals surface area contributed by atoms with Crippen molar-refractivity contribution < 1.29 is 13.9 Å². The number of rotatable bonds is 4. The van der Waals surface area contributed by atoms with E-state index >= 15 is 0 Å². The molecule has 0 saturated carbocycles. The van der Waals surface area contributed by atoms with Crippen LogP contribution in [0.15, 0.2) is 40.9 Å². The van der Waals surface area contributed by atoms with Gasteiger partial charge in [-0.25, -0.2) is 4.39 Å². The molecule has 0 spiro atoms. The van der Waals surface area contributed by atoms with Gasteiger partial charge in [0.2, 0.25) is 0 Å². The summed E-state index contributed by atoms with van der Waals surface area (Å²) < 4.78 is 19.4. The predicted molar refractivity (Wildman–Crippen MR) is 84.4 cm³/mol. The summed E-state index contributed by atoms with van der Waals surface area (Å²) in [4.78, 5) is 12.3. The highest BCUT2D eigenvalue weighted by Gasteiger charge is 2.14. The third-order valence-corrected chi connectivity index (χ3v) is 3.55. The average Bonchev–Trinajstić information content (AvgIpc) is 2.45. The van der Waals surface area contributed by atoms with E-state index in [1.807, 2.05) is 6.92 Å². The fourth-order valence-corrected chi connectivity index (χ4v) is 2.36. The average molecular weight is 352 g/mol. The van der Waals surface area contributed by atoms with E-state index in [0.717, 1.165) is 5.56 Å². The lowest BCUT2D eigenvalue weighted by Crippen LogP contribution is -2.14. The van der Waals surface area contributed by atoms with Crippen molar-refractivity contribution in [2.45, 2.75) is 13.8 Å². The lowest BCUT2D eigenvalue weighted by Gasteiger charge is -2.12. The van der Waals surface area contributed by atoms with Crippen molar-refractivity contribution in [2.75, 3.05) is 11.9 Å². The number of hydrogen-bond donors (Lipinski definition) is 1. The molecular formula is C16H15BrFNO2. The maximum atomic E-state index is 13.6. The summed E-state index contributed by atoms with van der Waals surface area (Å²) in [6.07, 6.45) is 0. The number of benzene rings is 2. The normalized spacial score (nSPS) is 10.3. The zero-order chi connectivity index (χ0) is 15.4. The van der Waals surface area contributed by atoms with Crippen molar-refractivity contribution in [3.63, 3.8) is 0 Å². The zero-order valence-corrected chi connectivity index (χ0v) is 13.3. The van der Waals surface area contributed by atoms with E-state index in [-0.39, 0.29) is 5.91 Å². The molecule has 110 valence electrons. The number of amides is 1. The molecule has 0 atom stereocenters. The second kappa shape index (κ2) is 6.72. The maximum Gasteiger partial charge on any atom is 0.259 e. The molecule has 0 fully saturated rings. The summed E-state index contributed by atoms with van der Waals surface area (Å²) in [5, 5.41) is 2.71. The largest absolute Gasteiger partial charge is 0.493 e. The van der Waals surface area contributed by atoms with Crippen molar-refractivity contribution >= 4 is 27.5 Å². The Balaban J connectivity index is 2.28. The first-order valence-electron chi connectivity index (χ1n) is 6.51. The Hall–Kier alpha value is -1.88. The Morgan fingerprint density at radius 2 is 2.05 bits per heavy atom. The Kier molecular flexibility index (Phi) is 4.96. The fraction of sp³-hybridized carbons (Fsp3) is 0.188. The van der Waals surface area contributed by atoms with Crippen LogP contribution in [0.1, 0.15) is 22.8 Å². The minimum atomic E-state index is -0.422. The topological polar surface area (TPSA) is 38.3 Å². The lowest BCUT2D eigenvalue weighted by molar-refractivity contribution is 0.102. The Labute approximate surface area is 131 Å². The number of nitrogens with one attached hydrogen (secondary N) is 1.